The Bertz CT molecular complexity index is 336. The lowest BCUT2D eigenvalue weighted by Gasteiger charge is -2.20. The van der Waals surface area contributed by atoms with Crippen molar-refractivity contribution in [1.82, 2.24) is 5.23 Å². The van der Waals surface area contributed by atoms with Crippen molar-refractivity contribution in [2.24, 2.45) is 11.5 Å². The SMILES string of the molecule is C=C(NB(C)CC1=CCCC=C1)C(N)CCCCN. The van der Waals surface area contributed by atoms with Gasteiger partial charge in [0, 0.05) is 11.7 Å². The van der Waals surface area contributed by atoms with Crippen molar-refractivity contribution in [3.8, 4) is 0 Å². The van der Waals surface area contributed by atoms with Crippen LogP contribution in [0.25, 0.3) is 0 Å². The Labute approximate surface area is 118 Å². The molecule has 1 aliphatic carbocycles. The van der Waals surface area contributed by atoms with Crippen molar-refractivity contribution in [2.75, 3.05) is 6.54 Å². The minimum absolute atomic E-state index is 0.0323. The molecule has 3 nitrogen and oxygen atoms in total. The molecule has 0 saturated heterocycles. The fraction of sp³-hybridized carbons (Fsp3) is 0.600. The number of rotatable bonds is 9. The summed E-state index contributed by atoms with van der Waals surface area (Å²) in [6.07, 6.45) is 13.2. The minimum Gasteiger partial charge on any atom is -0.430 e. The molecule has 19 heavy (non-hydrogen) atoms. The van der Waals surface area contributed by atoms with E-state index >= 15 is 0 Å². The molecule has 0 aliphatic heterocycles. The zero-order valence-electron chi connectivity index (χ0n) is 12.2. The summed E-state index contributed by atoms with van der Waals surface area (Å²) in [5.41, 5.74) is 14.0. The van der Waals surface area contributed by atoms with Gasteiger partial charge in [0.1, 0.15) is 0 Å². The van der Waals surface area contributed by atoms with Gasteiger partial charge in [-0.3, -0.25) is 0 Å². The fourth-order valence-corrected chi connectivity index (χ4v) is 2.33. The van der Waals surface area contributed by atoms with Gasteiger partial charge >= 0.3 is 0 Å². The first-order valence-corrected chi connectivity index (χ1v) is 7.40. The Morgan fingerprint density at radius 3 is 2.89 bits per heavy atom. The lowest BCUT2D eigenvalue weighted by molar-refractivity contribution is 0.607. The molecule has 4 heteroatoms. The highest BCUT2D eigenvalue weighted by Gasteiger charge is 2.14. The van der Waals surface area contributed by atoms with E-state index in [0.29, 0.717) is 6.85 Å². The van der Waals surface area contributed by atoms with E-state index in [-0.39, 0.29) is 6.04 Å². The Kier molecular flexibility index (Phi) is 7.60. The molecule has 0 bridgehead atoms. The molecule has 0 saturated carbocycles. The quantitative estimate of drug-likeness (QED) is 0.441. The van der Waals surface area contributed by atoms with Crippen molar-refractivity contribution in [3.05, 3.63) is 36.1 Å². The predicted molar refractivity (Wildman–Crippen MR) is 86.0 cm³/mol. The maximum absolute atomic E-state index is 6.11. The topological polar surface area (TPSA) is 64.1 Å². The molecule has 0 fully saturated rings. The summed E-state index contributed by atoms with van der Waals surface area (Å²) in [7, 11) is 0. The average Bonchev–Trinajstić information content (AvgIpc) is 2.39. The van der Waals surface area contributed by atoms with Gasteiger partial charge in [0.05, 0.1) is 0 Å². The van der Waals surface area contributed by atoms with E-state index in [1.54, 1.807) is 0 Å². The summed E-state index contributed by atoms with van der Waals surface area (Å²) in [5.74, 6) is 0. The molecule has 1 atom stereocenters. The molecule has 0 amide bonds. The molecule has 1 unspecified atom stereocenters. The molecule has 0 aromatic heterocycles. The van der Waals surface area contributed by atoms with E-state index in [4.69, 9.17) is 11.5 Å². The van der Waals surface area contributed by atoms with E-state index in [1.165, 1.54) is 12.0 Å². The van der Waals surface area contributed by atoms with E-state index < -0.39 is 0 Å². The molecule has 1 aliphatic rings. The number of nitrogens with one attached hydrogen (secondary N) is 1. The number of nitrogens with two attached hydrogens (primary N) is 2. The van der Waals surface area contributed by atoms with Crippen LogP contribution in [0.15, 0.2) is 36.1 Å². The van der Waals surface area contributed by atoms with E-state index in [1.807, 2.05) is 0 Å². The largest absolute Gasteiger partial charge is 0.430 e. The van der Waals surface area contributed by atoms with Crippen LogP contribution in [0.5, 0.6) is 0 Å². The third kappa shape index (κ3) is 6.64. The zero-order chi connectivity index (χ0) is 14.1. The van der Waals surface area contributed by atoms with Gasteiger partial charge in [0.15, 0.2) is 0 Å². The second kappa shape index (κ2) is 9.00. The van der Waals surface area contributed by atoms with Gasteiger partial charge in [0.2, 0.25) is 0 Å². The predicted octanol–water partition coefficient (Wildman–Crippen LogP) is 2.44. The van der Waals surface area contributed by atoms with Crippen molar-refractivity contribution >= 4 is 6.85 Å². The molecular formula is C15H28BN3. The van der Waals surface area contributed by atoms with Crippen LogP contribution in [0, 0.1) is 0 Å². The van der Waals surface area contributed by atoms with Gasteiger partial charge in [-0.2, -0.15) is 0 Å². The van der Waals surface area contributed by atoms with Gasteiger partial charge in [-0.15, -0.1) is 0 Å². The first kappa shape index (κ1) is 16.1. The molecule has 0 aromatic carbocycles. The Morgan fingerprint density at radius 1 is 1.47 bits per heavy atom. The maximum Gasteiger partial charge on any atom is 0.252 e. The second-order valence-electron chi connectivity index (χ2n) is 5.42. The van der Waals surface area contributed by atoms with Crippen LogP contribution in [0.3, 0.4) is 0 Å². The molecule has 0 spiro atoms. The average molecular weight is 261 g/mol. The normalized spacial score (nSPS) is 15.8. The summed E-state index contributed by atoms with van der Waals surface area (Å²) in [5, 5.41) is 3.43. The van der Waals surface area contributed by atoms with Crippen LogP contribution >= 0.6 is 0 Å². The minimum atomic E-state index is 0.0323. The Morgan fingerprint density at radius 2 is 2.26 bits per heavy atom. The van der Waals surface area contributed by atoms with E-state index in [9.17, 15) is 0 Å². The van der Waals surface area contributed by atoms with Crippen LogP contribution in [0.2, 0.25) is 13.1 Å². The lowest BCUT2D eigenvalue weighted by atomic mass is 9.59. The first-order valence-electron chi connectivity index (χ1n) is 7.40. The highest BCUT2D eigenvalue weighted by molar-refractivity contribution is 6.55. The highest BCUT2D eigenvalue weighted by Crippen LogP contribution is 2.15. The Hall–Kier alpha value is -0.995. The van der Waals surface area contributed by atoms with Crippen LogP contribution < -0.4 is 16.7 Å². The van der Waals surface area contributed by atoms with Gasteiger partial charge < -0.3 is 16.7 Å². The molecule has 1 rings (SSSR count). The van der Waals surface area contributed by atoms with Gasteiger partial charge in [0.25, 0.3) is 6.85 Å². The summed E-state index contributed by atoms with van der Waals surface area (Å²) >= 11 is 0. The number of allylic oxidation sites excluding steroid dienone is 4. The van der Waals surface area contributed by atoms with Crippen LogP contribution in [0.1, 0.15) is 32.1 Å². The van der Waals surface area contributed by atoms with Crippen molar-refractivity contribution < 1.29 is 0 Å². The standard InChI is InChI=1S/C15H28BN3/c1-13(15(18)10-6-7-11-17)19-16(2)12-14-8-4-3-5-9-14/h4,8-9,15,19H,1,3,5-7,10-12,17-18H2,2H3. The van der Waals surface area contributed by atoms with Crippen LogP contribution in [-0.2, 0) is 0 Å². The molecule has 106 valence electrons. The molecule has 0 aromatic rings. The van der Waals surface area contributed by atoms with Crippen molar-refractivity contribution in [2.45, 2.75) is 51.3 Å². The monoisotopic (exact) mass is 261 g/mol. The summed E-state index contributed by atoms with van der Waals surface area (Å²) in [4.78, 5) is 0. The third-order valence-corrected chi connectivity index (χ3v) is 3.46. The first-order chi connectivity index (χ1) is 9.13. The molecular weight excluding hydrogens is 233 g/mol. The van der Waals surface area contributed by atoms with E-state index in [2.05, 4.69) is 36.9 Å². The van der Waals surface area contributed by atoms with Crippen LogP contribution in [0.4, 0.5) is 0 Å². The highest BCUT2D eigenvalue weighted by atomic mass is 14.9. The van der Waals surface area contributed by atoms with Gasteiger partial charge in [-0.1, -0.05) is 43.6 Å². The zero-order valence-corrected chi connectivity index (χ0v) is 12.2. The van der Waals surface area contributed by atoms with Gasteiger partial charge in [-0.05, 0) is 38.5 Å². The fourth-order valence-electron chi connectivity index (χ4n) is 2.33. The van der Waals surface area contributed by atoms with Crippen molar-refractivity contribution in [1.29, 1.82) is 0 Å². The smallest absolute Gasteiger partial charge is 0.252 e. The van der Waals surface area contributed by atoms with Gasteiger partial charge in [-0.25, -0.2) is 0 Å². The number of hydrogen-bond acceptors (Lipinski definition) is 3. The van der Waals surface area contributed by atoms with Crippen molar-refractivity contribution in [3.63, 3.8) is 0 Å². The Balaban J connectivity index is 2.26. The maximum atomic E-state index is 6.11. The second-order valence-corrected chi connectivity index (χ2v) is 5.42. The molecule has 5 N–H and O–H groups in total. The summed E-state index contributed by atoms with van der Waals surface area (Å²) < 4.78 is 0. The molecule has 0 radical (unpaired) electrons. The molecule has 0 heterocycles. The third-order valence-electron chi connectivity index (χ3n) is 3.46. The number of hydrogen-bond donors (Lipinski definition) is 3. The van der Waals surface area contributed by atoms with Crippen LogP contribution in [-0.4, -0.2) is 19.4 Å². The number of unbranched alkanes of at least 4 members (excludes halogenated alkanes) is 1. The van der Waals surface area contributed by atoms with E-state index in [0.717, 1.165) is 44.2 Å². The summed E-state index contributed by atoms with van der Waals surface area (Å²) in [6, 6.07) is 0.0323. The summed E-state index contributed by atoms with van der Waals surface area (Å²) in [6.45, 7) is 7.36. The lowest BCUT2D eigenvalue weighted by Crippen LogP contribution is -2.38.